The molecule has 0 aliphatic heterocycles. The lowest BCUT2D eigenvalue weighted by Crippen LogP contribution is -2.13. The zero-order valence-corrected chi connectivity index (χ0v) is 17.8. The fourth-order valence-electron chi connectivity index (χ4n) is 3.39. The first-order chi connectivity index (χ1) is 14.9. The van der Waals surface area contributed by atoms with Crippen LogP contribution in [0.5, 0.6) is 0 Å². The van der Waals surface area contributed by atoms with Crippen molar-refractivity contribution in [2.75, 3.05) is 10.6 Å². The summed E-state index contributed by atoms with van der Waals surface area (Å²) in [6.07, 6.45) is 0. The summed E-state index contributed by atoms with van der Waals surface area (Å²) in [4.78, 5) is 29.2. The molecule has 5 nitrogen and oxygen atoms in total. The smallest absolute Gasteiger partial charge is 0.256 e. The van der Waals surface area contributed by atoms with Crippen molar-refractivity contribution in [3.05, 3.63) is 88.9 Å². The van der Waals surface area contributed by atoms with Crippen molar-refractivity contribution in [3.63, 3.8) is 0 Å². The highest BCUT2D eigenvalue weighted by Gasteiger charge is 2.16. The second-order valence-corrected chi connectivity index (χ2v) is 7.61. The third-order valence-electron chi connectivity index (χ3n) is 4.95. The number of aryl methyl sites for hydroxylation is 1. The minimum absolute atomic E-state index is 0.150. The first-order valence-corrected chi connectivity index (χ1v) is 10.1. The summed E-state index contributed by atoms with van der Waals surface area (Å²) in [7, 11) is 0. The van der Waals surface area contributed by atoms with E-state index in [2.05, 4.69) is 10.6 Å². The van der Waals surface area contributed by atoms with Gasteiger partial charge in [-0.25, -0.2) is 4.98 Å². The van der Waals surface area contributed by atoms with Crippen LogP contribution < -0.4 is 10.6 Å². The number of hydrogen-bond donors (Lipinski definition) is 2. The van der Waals surface area contributed by atoms with Crippen LogP contribution in [0, 0.1) is 6.92 Å². The molecule has 0 radical (unpaired) electrons. The van der Waals surface area contributed by atoms with E-state index in [1.807, 2.05) is 43.3 Å². The van der Waals surface area contributed by atoms with Crippen LogP contribution in [0.2, 0.25) is 5.02 Å². The van der Waals surface area contributed by atoms with Crippen LogP contribution in [0.25, 0.3) is 22.2 Å². The molecule has 6 heteroatoms. The lowest BCUT2D eigenvalue weighted by molar-refractivity contribution is -0.114. The Morgan fingerprint density at radius 3 is 2.16 bits per heavy atom. The van der Waals surface area contributed by atoms with E-state index >= 15 is 0 Å². The number of anilines is 2. The quantitative estimate of drug-likeness (QED) is 0.413. The maximum absolute atomic E-state index is 13.2. The molecular formula is C25H20ClN3O2. The second-order valence-electron chi connectivity index (χ2n) is 7.20. The minimum atomic E-state index is -0.251. The number of benzene rings is 3. The molecule has 0 atom stereocenters. The molecule has 0 bridgehead atoms. The molecule has 0 spiro atoms. The summed E-state index contributed by atoms with van der Waals surface area (Å²) in [5.41, 5.74) is 4.93. The Balaban J connectivity index is 1.75. The average molecular weight is 430 g/mol. The summed E-state index contributed by atoms with van der Waals surface area (Å²) < 4.78 is 0. The maximum Gasteiger partial charge on any atom is 0.256 e. The van der Waals surface area contributed by atoms with Crippen molar-refractivity contribution in [1.82, 2.24) is 4.98 Å². The number of amides is 2. The number of fused-ring (bicyclic) bond motifs is 1. The molecule has 3 aromatic carbocycles. The fourth-order valence-corrected chi connectivity index (χ4v) is 3.54. The molecule has 2 N–H and O–H groups in total. The molecule has 1 heterocycles. The Kier molecular flexibility index (Phi) is 5.69. The lowest BCUT2D eigenvalue weighted by atomic mass is 10.0. The first-order valence-electron chi connectivity index (χ1n) is 9.76. The summed E-state index contributed by atoms with van der Waals surface area (Å²) in [6, 6.07) is 22.1. The normalized spacial score (nSPS) is 10.7. The molecule has 154 valence electrons. The van der Waals surface area contributed by atoms with Gasteiger partial charge >= 0.3 is 0 Å². The summed E-state index contributed by atoms with van der Waals surface area (Å²) >= 11 is 6.33. The maximum atomic E-state index is 13.2. The Hall–Kier alpha value is -3.70. The van der Waals surface area contributed by atoms with E-state index in [4.69, 9.17) is 16.6 Å². The molecule has 0 saturated heterocycles. The predicted octanol–water partition coefficient (Wildman–Crippen LogP) is 6.07. The molecule has 4 aromatic rings. The van der Waals surface area contributed by atoms with Gasteiger partial charge in [0.25, 0.3) is 5.91 Å². The zero-order valence-electron chi connectivity index (χ0n) is 17.1. The number of aromatic nitrogens is 1. The molecule has 0 saturated carbocycles. The van der Waals surface area contributed by atoms with Crippen LogP contribution in [-0.2, 0) is 4.79 Å². The van der Waals surface area contributed by atoms with E-state index in [9.17, 15) is 9.59 Å². The molecule has 2 amide bonds. The van der Waals surface area contributed by atoms with Gasteiger partial charge in [-0.1, -0.05) is 48.0 Å². The van der Waals surface area contributed by atoms with Gasteiger partial charge in [0.2, 0.25) is 5.91 Å². The van der Waals surface area contributed by atoms with Gasteiger partial charge < -0.3 is 10.6 Å². The molecule has 0 unspecified atom stereocenters. The van der Waals surface area contributed by atoms with Crippen molar-refractivity contribution in [1.29, 1.82) is 0 Å². The molecule has 31 heavy (non-hydrogen) atoms. The predicted molar refractivity (Wildman–Crippen MR) is 126 cm³/mol. The number of carbonyl (C=O) groups excluding carboxylic acids is 2. The van der Waals surface area contributed by atoms with Crippen LogP contribution in [0.3, 0.4) is 0 Å². The number of carbonyl (C=O) groups is 2. The van der Waals surface area contributed by atoms with Gasteiger partial charge in [-0.05, 0) is 48.9 Å². The van der Waals surface area contributed by atoms with Gasteiger partial charge in [0.05, 0.1) is 16.8 Å². The summed E-state index contributed by atoms with van der Waals surface area (Å²) in [5.74, 6) is -0.402. The number of nitrogens with one attached hydrogen (secondary N) is 2. The van der Waals surface area contributed by atoms with E-state index in [0.717, 1.165) is 16.5 Å². The van der Waals surface area contributed by atoms with Crippen LogP contribution >= 0.6 is 11.6 Å². The van der Waals surface area contributed by atoms with Crippen molar-refractivity contribution >= 4 is 45.7 Å². The van der Waals surface area contributed by atoms with Gasteiger partial charge in [-0.3, -0.25) is 9.59 Å². The Morgan fingerprint density at radius 1 is 0.871 bits per heavy atom. The Morgan fingerprint density at radius 2 is 1.52 bits per heavy atom. The highest BCUT2D eigenvalue weighted by molar-refractivity contribution is 6.32. The van der Waals surface area contributed by atoms with Gasteiger partial charge in [0.15, 0.2) is 0 Å². The third kappa shape index (κ3) is 4.42. The highest BCUT2D eigenvalue weighted by atomic mass is 35.5. The van der Waals surface area contributed by atoms with Crippen LogP contribution in [-0.4, -0.2) is 16.8 Å². The topological polar surface area (TPSA) is 71.1 Å². The van der Waals surface area contributed by atoms with E-state index < -0.39 is 0 Å². The highest BCUT2D eigenvalue weighted by Crippen LogP contribution is 2.30. The largest absolute Gasteiger partial charge is 0.326 e. The number of halogens is 1. The van der Waals surface area contributed by atoms with Gasteiger partial charge in [-0.2, -0.15) is 0 Å². The van der Waals surface area contributed by atoms with Crippen molar-refractivity contribution < 1.29 is 9.59 Å². The average Bonchev–Trinajstić information content (AvgIpc) is 2.77. The zero-order chi connectivity index (χ0) is 22.0. The summed E-state index contributed by atoms with van der Waals surface area (Å²) in [6.45, 7) is 3.34. The number of hydrogen-bond acceptors (Lipinski definition) is 3. The summed E-state index contributed by atoms with van der Waals surface area (Å²) in [5, 5.41) is 6.97. The van der Waals surface area contributed by atoms with Crippen molar-refractivity contribution in [3.8, 4) is 11.3 Å². The van der Waals surface area contributed by atoms with Crippen molar-refractivity contribution in [2.45, 2.75) is 13.8 Å². The molecule has 0 aliphatic carbocycles. The van der Waals surface area contributed by atoms with Gasteiger partial charge in [0.1, 0.15) is 0 Å². The monoisotopic (exact) mass is 429 g/mol. The minimum Gasteiger partial charge on any atom is -0.326 e. The van der Waals surface area contributed by atoms with E-state index in [1.165, 1.54) is 6.92 Å². The van der Waals surface area contributed by atoms with E-state index in [-0.39, 0.29) is 11.8 Å². The SMILES string of the molecule is CC(=O)Nc1ccc(NC(=O)c2cc(-c3ccccc3)nc3c(C)c(Cl)ccc23)cc1. The molecule has 4 rings (SSSR count). The Bertz CT molecular complexity index is 1290. The molecule has 0 fully saturated rings. The van der Waals surface area contributed by atoms with Crippen molar-refractivity contribution in [2.24, 2.45) is 0 Å². The molecule has 0 aliphatic rings. The van der Waals surface area contributed by atoms with Gasteiger partial charge in [-0.15, -0.1) is 0 Å². The van der Waals surface area contributed by atoms with Crippen LogP contribution in [0.4, 0.5) is 11.4 Å². The Labute approximate surface area is 185 Å². The number of pyridine rings is 1. The van der Waals surface area contributed by atoms with Gasteiger partial charge in [0, 0.05) is 34.3 Å². The van der Waals surface area contributed by atoms with Crippen LogP contribution in [0.1, 0.15) is 22.8 Å². The standard InChI is InChI=1S/C25H20ClN3O2/c1-15-22(26)13-12-20-21(14-23(29-24(15)20)17-6-4-3-5-7-17)25(31)28-19-10-8-18(9-11-19)27-16(2)30/h3-14H,1-2H3,(H,27,30)(H,28,31). The second kappa shape index (κ2) is 8.58. The first kappa shape index (κ1) is 20.6. The van der Waals surface area contributed by atoms with E-state index in [0.29, 0.717) is 33.2 Å². The molecular weight excluding hydrogens is 410 g/mol. The molecule has 1 aromatic heterocycles. The lowest BCUT2D eigenvalue weighted by Gasteiger charge is -2.13. The fraction of sp³-hybridized carbons (Fsp3) is 0.0800. The number of nitrogens with zero attached hydrogens (tertiary/aromatic N) is 1. The third-order valence-corrected chi connectivity index (χ3v) is 5.36. The van der Waals surface area contributed by atoms with Crippen LogP contribution in [0.15, 0.2) is 72.8 Å². The number of rotatable bonds is 4. The van der Waals surface area contributed by atoms with E-state index in [1.54, 1.807) is 36.4 Å².